The lowest BCUT2D eigenvalue weighted by Gasteiger charge is -2.39. The van der Waals surface area contributed by atoms with E-state index in [2.05, 4.69) is 39.0 Å². The number of aliphatic hydroxyl groups excluding tert-OH is 1. The SMILES string of the molecule is CCn1cc(CN2CCN(c3cccnc3N3CCC(CO)CC3)CC2)cn1. The van der Waals surface area contributed by atoms with E-state index < -0.39 is 0 Å². The zero-order chi connectivity index (χ0) is 19.3. The topological polar surface area (TPSA) is 60.7 Å². The Labute approximate surface area is 167 Å². The highest BCUT2D eigenvalue weighted by molar-refractivity contribution is 5.67. The van der Waals surface area contributed by atoms with E-state index in [1.165, 1.54) is 11.3 Å². The molecule has 7 nitrogen and oxygen atoms in total. The Balaban J connectivity index is 1.37. The molecule has 4 rings (SSSR count). The molecule has 2 aliphatic rings. The molecule has 0 spiro atoms. The van der Waals surface area contributed by atoms with Crippen LogP contribution in [0.15, 0.2) is 30.7 Å². The van der Waals surface area contributed by atoms with Crippen LogP contribution in [0.25, 0.3) is 0 Å². The van der Waals surface area contributed by atoms with Crippen LogP contribution in [-0.4, -0.2) is 70.6 Å². The number of aromatic nitrogens is 3. The van der Waals surface area contributed by atoms with E-state index in [0.29, 0.717) is 12.5 Å². The molecule has 152 valence electrons. The number of hydrogen-bond acceptors (Lipinski definition) is 6. The molecular weight excluding hydrogens is 352 g/mol. The maximum Gasteiger partial charge on any atom is 0.152 e. The third-order valence-corrected chi connectivity index (χ3v) is 6.07. The number of pyridine rings is 1. The van der Waals surface area contributed by atoms with Crippen molar-refractivity contribution in [1.82, 2.24) is 19.7 Å². The lowest BCUT2D eigenvalue weighted by molar-refractivity contribution is 0.202. The fraction of sp³-hybridized carbons (Fsp3) is 0.619. The zero-order valence-electron chi connectivity index (χ0n) is 16.9. The average molecular weight is 385 g/mol. The van der Waals surface area contributed by atoms with Crippen molar-refractivity contribution in [2.75, 3.05) is 55.7 Å². The molecule has 4 heterocycles. The lowest BCUT2D eigenvalue weighted by Crippen LogP contribution is -2.46. The summed E-state index contributed by atoms with van der Waals surface area (Å²) in [5.74, 6) is 1.56. The summed E-state index contributed by atoms with van der Waals surface area (Å²) in [6.45, 7) is 10.4. The van der Waals surface area contributed by atoms with Gasteiger partial charge in [-0.25, -0.2) is 4.98 Å². The number of nitrogens with zero attached hydrogens (tertiary/aromatic N) is 6. The molecule has 2 aliphatic heterocycles. The van der Waals surface area contributed by atoms with Gasteiger partial charge in [-0.3, -0.25) is 9.58 Å². The van der Waals surface area contributed by atoms with Crippen LogP contribution in [0.2, 0.25) is 0 Å². The Hall–Kier alpha value is -2.12. The van der Waals surface area contributed by atoms with Gasteiger partial charge in [-0.2, -0.15) is 5.10 Å². The molecule has 2 aromatic rings. The smallest absolute Gasteiger partial charge is 0.152 e. The molecule has 1 N–H and O–H groups in total. The van der Waals surface area contributed by atoms with Crippen molar-refractivity contribution >= 4 is 11.5 Å². The Morgan fingerprint density at radius 2 is 1.86 bits per heavy atom. The molecule has 7 heteroatoms. The van der Waals surface area contributed by atoms with Gasteiger partial charge >= 0.3 is 0 Å². The molecule has 28 heavy (non-hydrogen) atoms. The minimum atomic E-state index is 0.308. The van der Waals surface area contributed by atoms with Gasteiger partial charge in [0, 0.05) is 76.9 Å². The monoisotopic (exact) mass is 384 g/mol. The maximum atomic E-state index is 9.40. The molecule has 0 aliphatic carbocycles. The van der Waals surface area contributed by atoms with Crippen LogP contribution in [0, 0.1) is 5.92 Å². The quantitative estimate of drug-likeness (QED) is 0.820. The largest absolute Gasteiger partial charge is 0.396 e. The molecule has 0 aromatic carbocycles. The van der Waals surface area contributed by atoms with Crippen LogP contribution < -0.4 is 9.80 Å². The van der Waals surface area contributed by atoms with Crippen LogP contribution in [0.1, 0.15) is 25.3 Å². The third kappa shape index (κ3) is 4.31. The number of piperidine rings is 1. The summed E-state index contributed by atoms with van der Waals surface area (Å²) in [5, 5.41) is 13.8. The number of anilines is 2. The van der Waals surface area contributed by atoms with E-state index in [1.807, 2.05) is 23.1 Å². The summed E-state index contributed by atoms with van der Waals surface area (Å²) in [5.41, 5.74) is 2.55. The highest BCUT2D eigenvalue weighted by Crippen LogP contribution is 2.31. The molecule has 2 aromatic heterocycles. The van der Waals surface area contributed by atoms with Gasteiger partial charge in [0.25, 0.3) is 0 Å². The predicted molar refractivity (Wildman–Crippen MR) is 112 cm³/mol. The van der Waals surface area contributed by atoms with Gasteiger partial charge in [0.2, 0.25) is 0 Å². The van der Waals surface area contributed by atoms with E-state index in [1.54, 1.807) is 0 Å². The fourth-order valence-corrected chi connectivity index (χ4v) is 4.27. The van der Waals surface area contributed by atoms with Crippen LogP contribution in [0.4, 0.5) is 11.5 Å². The second-order valence-electron chi connectivity index (χ2n) is 7.93. The molecule has 0 radical (unpaired) electrons. The van der Waals surface area contributed by atoms with Crippen molar-refractivity contribution in [2.45, 2.75) is 32.9 Å². The molecule has 2 saturated heterocycles. The van der Waals surface area contributed by atoms with Crippen molar-refractivity contribution in [3.05, 3.63) is 36.3 Å². The Kier molecular flexibility index (Phi) is 6.12. The maximum absolute atomic E-state index is 9.40. The molecular formula is C21H32N6O. The molecule has 2 fully saturated rings. The highest BCUT2D eigenvalue weighted by atomic mass is 16.3. The second-order valence-corrected chi connectivity index (χ2v) is 7.93. The molecule has 0 unspecified atom stereocenters. The first kappa shape index (κ1) is 19.2. The standard InChI is InChI=1S/C21H32N6O/c1-2-27-16-19(14-23-27)15-24-10-12-25(13-11-24)20-4-3-7-22-21(20)26-8-5-18(17-28)6-9-26/h3-4,7,14,16,18,28H,2,5-6,8-13,15,17H2,1H3. The van der Waals surface area contributed by atoms with Crippen LogP contribution in [0.3, 0.4) is 0 Å². The minimum Gasteiger partial charge on any atom is -0.396 e. The number of aryl methyl sites for hydroxylation is 1. The van der Waals surface area contributed by atoms with Gasteiger partial charge in [0.1, 0.15) is 0 Å². The number of rotatable bonds is 6. The molecule has 0 saturated carbocycles. The van der Waals surface area contributed by atoms with E-state index in [9.17, 15) is 5.11 Å². The summed E-state index contributed by atoms with van der Waals surface area (Å²) in [6.07, 6.45) is 8.14. The zero-order valence-corrected chi connectivity index (χ0v) is 16.9. The van der Waals surface area contributed by atoms with Gasteiger partial charge in [-0.1, -0.05) is 0 Å². The van der Waals surface area contributed by atoms with Crippen molar-refractivity contribution in [3.8, 4) is 0 Å². The summed E-state index contributed by atoms with van der Waals surface area (Å²) in [6, 6.07) is 4.26. The van der Waals surface area contributed by atoms with E-state index in [-0.39, 0.29) is 0 Å². The van der Waals surface area contributed by atoms with Crippen LogP contribution in [-0.2, 0) is 13.1 Å². The Bertz CT molecular complexity index is 747. The van der Waals surface area contributed by atoms with Gasteiger partial charge in [0.05, 0.1) is 11.9 Å². The van der Waals surface area contributed by atoms with Crippen molar-refractivity contribution in [1.29, 1.82) is 0 Å². The van der Waals surface area contributed by atoms with Gasteiger partial charge < -0.3 is 14.9 Å². The number of aliphatic hydroxyl groups is 1. The summed E-state index contributed by atoms with van der Waals surface area (Å²) in [7, 11) is 0. The summed E-state index contributed by atoms with van der Waals surface area (Å²) < 4.78 is 1.99. The van der Waals surface area contributed by atoms with Gasteiger partial charge in [-0.05, 0) is 37.8 Å². The highest BCUT2D eigenvalue weighted by Gasteiger charge is 2.25. The van der Waals surface area contributed by atoms with E-state index in [4.69, 9.17) is 4.98 Å². The second kappa shape index (κ2) is 8.92. The van der Waals surface area contributed by atoms with E-state index in [0.717, 1.165) is 71.0 Å². The first-order valence-corrected chi connectivity index (χ1v) is 10.6. The Morgan fingerprint density at radius 3 is 2.54 bits per heavy atom. The van der Waals surface area contributed by atoms with Crippen LogP contribution >= 0.6 is 0 Å². The van der Waals surface area contributed by atoms with E-state index >= 15 is 0 Å². The molecule has 0 bridgehead atoms. The van der Waals surface area contributed by atoms with Gasteiger partial charge in [-0.15, -0.1) is 0 Å². The van der Waals surface area contributed by atoms with Crippen molar-refractivity contribution in [3.63, 3.8) is 0 Å². The van der Waals surface area contributed by atoms with Crippen LogP contribution in [0.5, 0.6) is 0 Å². The normalized spacial score (nSPS) is 19.4. The summed E-state index contributed by atoms with van der Waals surface area (Å²) in [4.78, 5) is 12.1. The minimum absolute atomic E-state index is 0.308. The molecule has 0 amide bonds. The van der Waals surface area contributed by atoms with Gasteiger partial charge in [0.15, 0.2) is 5.82 Å². The fourth-order valence-electron chi connectivity index (χ4n) is 4.27. The average Bonchev–Trinajstić information content (AvgIpc) is 3.22. The summed E-state index contributed by atoms with van der Waals surface area (Å²) >= 11 is 0. The molecule has 0 atom stereocenters. The first-order valence-electron chi connectivity index (χ1n) is 10.6. The number of hydrogen-bond donors (Lipinski definition) is 1. The lowest BCUT2D eigenvalue weighted by atomic mass is 9.98. The van der Waals surface area contributed by atoms with Crippen molar-refractivity contribution in [2.24, 2.45) is 5.92 Å². The predicted octanol–water partition coefficient (Wildman–Crippen LogP) is 1.83. The number of piperazine rings is 1. The third-order valence-electron chi connectivity index (χ3n) is 6.07. The van der Waals surface area contributed by atoms with Crippen molar-refractivity contribution < 1.29 is 5.11 Å². The first-order chi connectivity index (χ1) is 13.8. The Morgan fingerprint density at radius 1 is 1.07 bits per heavy atom.